The van der Waals surface area contributed by atoms with Crippen molar-refractivity contribution < 1.29 is 9.30 Å². The van der Waals surface area contributed by atoms with E-state index in [0.717, 1.165) is 52.2 Å². The summed E-state index contributed by atoms with van der Waals surface area (Å²) in [7, 11) is 0. The number of morpholine rings is 1. The maximum Gasteiger partial charge on any atom is 0.262 e. The monoisotopic (exact) mass is 542 g/mol. The van der Waals surface area contributed by atoms with Gasteiger partial charge in [-0.1, -0.05) is 53.4 Å². The molecule has 6 rings (SSSR count). The van der Waals surface area contributed by atoms with Gasteiger partial charge in [-0.3, -0.25) is 0 Å². The molecule has 2 aromatic carbocycles. The van der Waals surface area contributed by atoms with Crippen LogP contribution in [0.3, 0.4) is 0 Å². The van der Waals surface area contributed by atoms with E-state index in [1.165, 1.54) is 54.1 Å². The molecule has 0 bridgehead atoms. The predicted molar refractivity (Wildman–Crippen MR) is 161 cm³/mol. The number of fused-ring (bicyclic) bond motifs is 2. The van der Waals surface area contributed by atoms with Crippen LogP contribution in [0.2, 0.25) is 0 Å². The van der Waals surface area contributed by atoms with Crippen molar-refractivity contribution in [3.8, 4) is 0 Å². The zero-order chi connectivity index (χ0) is 25.9. The quantitative estimate of drug-likeness (QED) is 0.302. The second-order valence-corrected chi connectivity index (χ2v) is 11.9. The van der Waals surface area contributed by atoms with E-state index < -0.39 is 0 Å². The van der Waals surface area contributed by atoms with E-state index in [2.05, 4.69) is 101 Å². The van der Waals surface area contributed by atoms with E-state index in [9.17, 15) is 0 Å². The highest BCUT2D eigenvalue weighted by Crippen LogP contribution is 2.46. The molecule has 4 nitrogen and oxygen atoms in total. The van der Waals surface area contributed by atoms with Crippen LogP contribution >= 0.6 is 23.1 Å². The van der Waals surface area contributed by atoms with Gasteiger partial charge < -0.3 is 14.5 Å². The standard InChI is InChI=1S/C32H36N3OS2/c1-3-34-26-12-5-7-14-28(26)37-30(34)18-16-24-10-9-11-25(32(24)33-20-22-36-23-21-33)17-19-31-35(4-2)27-13-6-8-15-29(27)38-31/h5-8,12-19H,3-4,9-11,20-23H2,1-2H3/q+1. The summed E-state index contributed by atoms with van der Waals surface area (Å²) >= 11 is 3.77. The third kappa shape index (κ3) is 4.97. The van der Waals surface area contributed by atoms with Crippen LogP contribution in [0.4, 0.5) is 5.69 Å². The number of anilines is 1. The molecule has 3 aliphatic rings. The number of aromatic nitrogens is 1. The number of ether oxygens (including phenoxy) is 1. The number of nitrogens with zero attached hydrogens (tertiary/aromatic N) is 3. The average Bonchev–Trinajstić information content (AvgIpc) is 3.52. The largest absolute Gasteiger partial charge is 0.378 e. The number of rotatable bonds is 6. The maximum atomic E-state index is 5.73. The minimum absolute atomic E-state index is 0.801. The SMILES string of the molecule is CCN1C(=CC=C2CCCC(C=Cc3sc4ccccc4[n+]3CC)=C2N2CCOCC2)Sc2ccccc21. The Morgan fingerprint density at radius 1 is 0.947 bits per heavy atom. The lowest BCUT2D eigenvalue weighted by Gasteiger charge is -2.36. The number of aryl methyl sites for hydroxylation is 1. The first-order valence-electron chi connectivity index (χ1n) is 13.9. The zero-order valence-corrected chi connectivity index (χ0v) is 24.0. The summed E-state index contributed by atoms with van der Waals surface area (Å²) in [6.07, 6.45) is 12.9. The fourth-order valence-electron chi connectivity index (χ4n) is 5.78. The molecule has 0 saturated carbocycles. The molecule has 38 heavy (non-hydrogen) atoms. The topological polar surface area (TPSA) is 19.6 Å². The molecule has 3 aromatic rings. The molecule has 6 heteroatoms. The van der Waals surface area contributed by atoms with E-state index in [4.69, 9.17) is 4.74 Å². The Labute approximate surface area is 234 Å². The van der Waals surface area contributed by atoms with E-state index in [-0.39, 0.29) is 0 Å². The van der Waals surface area contributed by atoms with Crippen molar-refractivity contribution in [2.24, 2.45) is 0 Å². The number of hydrogen-bond acceptors (Lipinski definition) is 5. The van der Waals surface area contributed by atoms with E-state index in [0.29, 0.717) is 0 Å². The summed E-state index contributed by atoms with van der Waals surface area (Å²) < 4.78 is 9.52. The minimum atomic E-state index is 0.801. The average molecular weight is 543 g/mol. The second-order valence-electron chi connectivity index (χ2n) is 9.82. The maximum absolute atomic E-state index is 5.73. The summed E-state index contributed by atoms with van der Waals surface area (Å²) in [6.45, 7) is 9.95. The van der Waals surface area contributed by atoms with Crippen LogP contribution in [0.1, 0.15) is 38.1 Å². The lowest BCUT2D eigenvalue weighted by atomic mass is 9.90. The van der Waals surface area contributed by atoms with E-state index in [1.54, 1.807) is 0 Å². The first kappa shape index (κ1) is 25.5. The van der Waals surface area contributed by atoms with Gasteiger partial charge in [-0.15, -0.1) is 0 Å². The fraction of sp³-hybridized carbons (Fsp3) is 0.344. The molecule has 3 heterocycles. The van der Waals surface area contributed by atoms with Gasteiger partial charge in [-0.05, 0) is 74.6 Å². The fourth-order valence-corrected chi connectivity index (χ4v) is 8.04. The van der Waals surface area contributed by atoms with Gasteiger partial charge in [0.1, 0.15) is 11.2 Å². The van der Waals surface area contributed by atoms with Crippen LogP contribution < -0.4 is 9.47 Å². The molecule has 0 N–H and O–H groups in total. The van der Waals surface area contributed by atoms with E-state index in [1.807, 2.05) is 23.1 Å². The van der Waals surface area contributed by atoms with Crippen molar-refractivity contribution in [2.75, 3.05) is 37.7 Å². The smallest absolute Gasteiger partial charge is 0.262 e. The van der Waals surface area contributed by atoms with Gasteiger partial charge in [0, 0.05) is 42.4 Å². The minimum Gasteiger partial charge on any atom is -0.378 e. The van der Waals surface area contributed by atoms with Gasteiger partial charge in [-0.25, -0.2) is 0 Å². The lowest BCUT2D eigenvalue weighted by Crippen LogP contribution is -2.37. The first-order chi connectivity index (χ1) is 18.8. The molecule has 0 radical (unpaired) electrons. The molecule has 1 saturated heterocycles. The highest BCUT2D eigenvalue weighted by molar-refractivity contribution is 8.03. The van der Waals surface area contributed by atoms with Crippen LogP contribution in [-0.4, -0.2) is 37.7 Å². The summed E-state index contributed by atoms with van der Waals surface area (Å²) in [5.41, 5.74) is 7.00. The van der Waals surface area contributed by atoms with Gasteiger partial charge in [0.05, 0.1) is 23.9 Å². The molecular formula is C32H36N3OS2+. The van der Waals surface area contributed by atoms with Crippen molar-refractivity contribution >= 4 is 45.1 Å². The van der Waals surface area contributed by atoms with Gasteiger partial charge in [0.2, 0.25) is 5.52 Å². The number of thiazole rings is 1. The van der Waals surface area contributed by atoms with Crippen molar-refractivity contribution in [3.05, 3.63) is 93.6 Å². The molecule has 196 valence electrons. The van der Waals surface area contributed by atoms with Crippen LogP contribution in [-0.2, 0) is 11.3 Å². The van der Waals surface area contributed by atoms with Crippen LogP contribution in [0.15, 0.2) is 93.5 Å². The number of benzene rings is 2. The molecule has 0 amide bonds. The van der Waals surface area contributed by atoms with Crippen molar-refractivity contribution in [1.82, 2.24) is 4.90 Å². The molecule has 2 aliphatic heterocycles. The van der Waals surface area contributed by atoms with Gasteiger partial charge >= 0.3 is 0 Å². The number of para-hydroxylation sites is 2. The third-order valence-corrected chi connectivity index (χ3v) is 9.85. The summed E-state index contributed by atoms with van der Waals surface area (Å²) in [5.74, 6) is 0. The zero-order valence-electron chi connectivity index (χ0n) is 22.4. The number of allylic oxidation sites excluding steroid dienone is 5. The molecule has 1 aliphatic carbocycles. The van der Waals surface area contributed by atoms with Gasteiger partial charge in [0.15, 0.2) is 0 Å². The van der Waals surface area contributed by atoms with Gasteiger partial charge in [-0.2, -0.15) is 4.57 Å². The van der Waals surface area contributed by atoms with Crippen molar-refractivity contribution in [3.63, 3.8) is 0 Å². The highest BCUT2D eigenvalue weighted by atomic mass is 32.2. The Morgan fingerprint density at radius 3 is 2.61 bits per heavy atom. The molecule has 0 unspecified atom stereocenters. The summed E-state index contributed by atoms with van der Waals surface area (Å²) in [4.78, 5) is 6.35. The van der Waals surface area contributed by atoms with Crippen LogP contribution in [0.5, 0.6) is 0 Å². The van der Waals surface area contributed by atoms with Crippen molar-refractivity contribution in [2.45, 2.75) is 44.6 Å². The third-order valence-electron chi connectivity index (χ3n) is 7.59. The predicted octanol–water partition coefficient (Wildman–Crippen LogP) is 7.39. The van der Waals surface area contributed by atoms with E-state index >= 15 is 0 Å². The Hall–Kier alpha value is -2.80. The normalized spacial score (nSPS) is 20.5. The van der Waals surface area contributed by atoms with Crippen molar-refractivity contribution in [1.29, 1.82) is 0 Å². The summed E-state index contributed by atoms with van der Waals surface area (Å²) in [5, 5.41) is 2.64. The first-order valence-corrected chi connectivity index (χ1v) is 15.5. The van der Waals surface area contributed by atoms with Crippen LogP contribution in [0.25, 0.3) is 16.3 Å². The lowest BCUT2D eigenvalue weighted by molar-refractivity contribution is -0.665. The Morgan fingerprint density at radius 2 is 1.76 bits per heavy atom. The Kier molecular flexibility index (Phi) is 7.72. The highest BCUT2D eigenvalue weighted by Gasteiger charge is 2.26. The molecular weight excluding hydrogens is 507 g/mol. The molecule has 1 fully saturated rings. The molecule has 0 atom stereocenters. The van der Waals surface area contributed by atoms with Gasteiger partial charge in [0.25, 0.3) is 5.01 Å². The Bertz CT molecular complexity index is 1440. The molecule has 1 aromatic heterocycles. The summed E-state index contributed by atoms with van der Waals surface area (Å²) in [6, 6.07) is 17.5. The Balaban J connectivity index is 1.37. The van der Waals surface area contributed by atoms with Crippen LogP contribution in [0, 0.1) is 0 Å². The molecule has 0 spiro atoms. The second kappa shape index (κ2) is 11.5. The number of hydrogen-bond donors (Lipinski definition) is 0. The number of thioether (sulfide) groups is 1.